The van der Waals surface area contributed by atoms with Crippen LogP contribution >= 0.6 is 0 Å². The second-order valence-corrected chi connectivity index (χ2v) is 8.61. The van der Waals surface area contributed by atoms with Crippen molar-refractivity contribution in [2.75, 3.05) is 13.1 Å². The first kappa shape index (κ1) is 20.0. The van der Waals surface area contributed by atoms with E-state index in [1.807, 2.05) is 32.9 Å². The van der Waals surface area contributed by atoms with Gasteiger partial charge in [0.15, 0.2) is 6.29 Å². The molecule has 1 aromatic heterocycles. The van der Waals surface area contributed by atoms with Crippen LogP contribution < -0.4 is 0 Å². The molecular weight excluding hydrogens is 383 g/mol. The molecule has 1 aliphatic heterocycles. The van der Waals surface area contributed by atoms with Crippen LogP contribution in [-0.4, -0.2) is 40.5 Å². The minimum absolute atomic E-state index is 0. The molecule has 4 rings (SSSR count). The van der Waals surface area contributed by atoms with Gasteiger partial charge in [0.05, 0.1) is 11.2 Å². The van der Waals surface area contributed by atoms with E-state index in [0.29, 0.717) is 24.9 Å². The Hall–Kier alpha value is -1.78. The van der Waals surface area contributed by atoms with Crippen LogP contribution in [-0.2, 0) is 28.4 Å². The molecule has 1 saturated heterocycles. The van der Waals surface area contributed by atoms with E-state index < -0.39 is 5.60 Å². The second-order valence-electron chi connectivity index (χ2n) is 8.61. The van der Waals surface area contributed by atoms with Gasteiger partial charge in [0.1, 0.15) is 5.60 Å². The van der Waals surface area contributed by atoms with Gasteiger partial charge in [-0.1, -0.05) is 18.2 Å². The average molecular weight is 409 g/mol. The Morgan fingerprint density at radius 1 is 1.26 bits per heavy atom. The topological polar surface area (TPSA) is 51.5 Å². The van der Waals surface area contributed by atoms with Crippen LogP contribution in [0.25, 0.3) is 10.9 Å². The van der Waals surface area contributed by atoms with Crippen molar-refractivity contribution in [2.24, 2.45) is 5.92 Å². The Bertz CT molecular complexity index is 858. The summed E-state index contributed by atoms with van der Waals surface area (Å²) in [5.74, 6) is 0.982. The fourth-order valence-electron chi connectivity index (χ4n) is 3.71. The Morgan fingerprint density at radius 3 is 2.56 bits per heavy atom. The van der Waals surface area contributed by atoms with E-state index in [4.69, 9.17) is 4.74 Å². The monoisotopic (exact) mass is 409 g/mol. The number of rotatable bonds is 4. The molecule has 2 fully saturated rings. The zero-order valence-electron chi connectivity index (χ0n) is 16.1. The first-order valence-corrected chi connectivity index (χ1v) is 9.41. The van der Waals surface area contributed by atoms with E-state index in [1.165, 1.54) is 18.4 Å². The summed E-state index contributed by atoms with van der Waals surface area (Å²) in [7, 11) is 0. The van der Waals surface area contributed by atoms with Gasteiger partial charge in [0.25, 0.3) is 0 Å². The van der Waals surface area contributed by atoms with Crippen LogP contribution in [0.3, 0.4) is 0 Å². The van der Waals surface area contributed by atoms with Gasteiger partial charge < -0.3 is 14.2 Å². The van der Waals surface area contributed by atoms with E-state index in [9.17, 15) is 9.59 Å². The van der Waals surface area contributed by atoms with Crippen LogP contribution in [0.2, 0.25) is 0 Å². The number of hydrogen-bond acceptors (Lipinski definition) is 3. The number of benzene rings is 1. The number of fused-ring (bicyclic) bond motifs is 1. The summed E-state index contributed by atoms with van der Waals surface area (Å²) in [6.45, 7) is 7.90. The second kappa shape index (κ2) is 7.33. The van der Waals surface area contributed by atoms with Crippen LogP contribution in [0.1, 0.15) is 55.6 Å². The summed E-state index contributed by atoms with van der Waals surface area (Å²) in [6.07, 6.45) is 3.20. The molecule has 0 atom stereocenters. The van der Waals surface area contributed by atoms with E-state index in [-0.39, 0.29) is 23.2 Å². The van der Waals surface area contributed by atoms with Crippen molar-refractivity contribution < 1.29 is 31.4 Å². The van der Waals surface area contributed by atoms with E-state index in [1.54, 1.807) is 4.90 Å². The number of para-hydroxylation sites is 1. The van der Waals surface area contributed by atoms with Crippen LogP contribution in [0.15, 0.2) is 24.3 Å². The molecule has 2 aliphatic rings. The molecule has 1 aliphatic carbocycles. The van der Waals surface area contributed by atoms with Gasteiger partial charge in [-0.25, -0.2) is 4.79 Å². The number of aromatic nitrogens is 1. The number of hydrogen-bond donors (Lipinski definition) is 0. The maximum atomic E-state index is 12.2. The number of ether oxygens (including phenoxy) is 1. The molecule has 2 aromatic rings. The maximum Gasteiger partial charge on any atom is 0.410 e. The summed E-state index contributed by atoms with van der Waals surface area (Å²) < 4.78 is 7.64. The minimum Gasteiger partial charge on any atom is -0.444 e. The summed E-state index contributed by atoms with van der Waals surface area (Å²) in [5, 5.41) is 1.11. The number of amides is 1. The van der Waals surface area contributed by atoms with E-state index in [2.05, 4.69) is 16.7 Å². The van der Waals surface area contributed by atoms with Crippen molar-refractivity contribution in [1.82, 2.24) is 9.47 Å². The third-order valence-electron chi connectivity index (χ3n) is 5.21. The molecule has 0 N–H and O–H groups in total. The molecule has 0 spiro atoms. The Balaban J connectivity index is 0.00000210. The fraction of sp³-hybridized carbons (Fsp3) is 0.524. The smallest absolute Gasteiger partial charge is 0.410 e. The molecule has 6 heteroatoms. The Kier molecular flexibility index (Phi) is 5.42. The van der Waals surface area contributed by atoms with Gasteiger partial charge in [-0.2, -0.15) is 0 Å². The Labute approximate surface area is 170 Å². The quantitative estimate of drug-likeness (QED) is 0.562. The zero-order chi connectivity index (χ0) is 18.5. The molecule has 1 saturated carbocycles. The number of likely N-dealkylation sites (tertiary alicyclic amines) is 1. The average Bonchev–Trinajstić information content (AvgIpc) is 3.24. The van der Waals surface area contributed by atoms with Crippen molar-refractivity contribution in [2.45, 2.75) is 51.7 Å². The third-order valence-corrected chi connectivity index (χ3v) is 5.21. The molecular formula is C21H26MnN2O3. The fourth-order valence-corrected chi connectivity index (χ4v) is 3.71. The van der Waals surface area contributed by atoms with Crippen LogP contribution in [0.5, 0.6) is 0 Å². The maximum absolute atomic E-state index is 12.2. The van der Waals surface area contributed by atoms with Crippen molar-refractivity contribution >= 4 is 23.3 Å². The third kappa shape index (κ3) is 4.07. The first-order chi connectivity index (χ1) is 12.4. The minimum atomic E-state index is -0.472. The van der Waals surface area contributed by atoms with Gasteiger partial charge >= 0.3 is 6.09 Å². The normalized spacial score (nSPS) is 17.4. The SMILES string of the molecule is CC(C)(C)OC(=O)N1CC(c2cccc3cc(C=O)n(CC4CC4)c23)C1.[Mn]. The van der Waals surface area contributed by atoms with Gasteiger partial charge in [-0.15, -0.1) is 0 Å². The molecule has 2 heterocycles. The van der Waals surface area contributed by atoms with Gasteiger partial charge in [0, 0.05) is 48.0 Å². The molecule has 5 nitrogen and oxygen atoms in total. The largest absolute Gasteiger partial charge is 0.444 e. The predicted octanol–water partition coefficient (Wildman–Crippen LogP) is 4.20. The summed E-state index contributed by atoms with van der Waals surface area (Å²) in [5.41, 5.74) is 2.68. The van der Waals surface area contributed by atoms with Gasteiger partial charge in [0.2, 0.25) is 0 Å². The Morgan fingerprint density at radius 2 is 1.96 bits per heavy atom. The standard InChI is InChI=1S/C21H26N2O3.Mn/c1-21(2,3)26-20(25)22-11-16(12-22)18-6-4-5-15-9-17(13-24)23(19(15)18)10-14-7-8-14;/h4-6,9,13-14,16H,7-8,10-12H2,1-3H3;. The molecule has 1 radical (unpaired) electrons. The zero-order valence-corrected chi connectivity index (χ0v) is 17.3. The van der Waals surface area contributed by atoms with Crippen molar-refractivity contribution in [3.8, 4) is 0 Å². The summed E-state index contributed by atoms with van der Waals surface area (Å²) >= 11 is 0. The molecule has 0 unspecified atom stereocenters. The van der Waals surface area contributed by atoms with Crippen molar-refractivity contribution in [1.29, 1.82) is 0 Å². The predicted molar refractivity (Wildman–Crippen MR) is 101 cm³/mol. The molecule has 0 bridgehead atoms. The molecule has 1 aromatic carbocycles. The van der Waals surface area contributed by atoms with Gasteiger partial charge in [-0.3, -0.25) is 4.79 Å². The van der Waals surface area contributed by atoms with Crippen LogP contribution in [0.4, 0.5) is 4.79 Å². The van der Waals surface area contributed by atoms with Crippen molar-refractivity contribution in [3.05, 3.63) is 35.5 Å². The molecule has 1 amide bonds. The number of carbonyl (C=O) groups is 2. The van der Waals surface area contributed by atoms with E-state index in [0.717, 1.165) is 29.4 Å². The van der Waals surface area contributed by atoms with Crippen LogP contribution in [0, 0.1) is 5.92 Å². The number of nitrogens with zero attached hydrogens (tertiary/aromatic N) is 2. The molecule has 27 heavy (non-hydrogen) atoms. The summed E-state index contributed by atoms with van der Waals surface area (Å²) in [6, 6.07) is 8.24. The van der Waals surface area contributed by atoms with E-state index >= 15 is 0 Å². The number of aldehydes is 1. The first-order valence-electron chi connectivity index (χ1n) is 9.41. The van der Waals surface area contributed by atoms with Crippen molar-refractivity contribution in [3.63, 3.8) is 0 Å². The van der Waals surface area contributed by atoms with Gasteiger partial charge in [-0.05, 0) is 51.2 Å². The molecule has 145 valence electrons. The number of carbonyl (C=O) groups excluding carboxylic acids is 2. The summed E-state index contributed by atoms with van der Waals surface area (Å²) in [4.78, 5) is 25.5.